The molecule has 0 N–H and O–H groups in total. The normalized spacial score (nSPS) is 10.4. The predicted molar refractivity (Wildman–Crippen MR) is 101 cm³/mol. The van der Waals surface area contributed by atoms with Crippen molar-refractivity contribution >= 4 is 42.7 Å². The van der Waals surface area contributed by atoms with E-state index < -0.39 is 7.92 Å². The summed E-state index contributed by atoms with van der Waals surface area (Å²) in [5.41, 5.74) is 1.89. The van der Waals surface area contributed by atoms with Gasteiger partial charge in [0.2, 0.25) is 0 Å². The Morgan fingerprint density at radius 1 is 0.440 bits per heavy atom. The molecule has 0 fully saturated rings. The van der Waals surface area contributed by atoms with Gasteiger partial charge in [0.15, 0.2) is 0 Å². The molecule has 0 aliphatic carbocycles. The van der Waals surface area contributed by atoms with Gasteiger partial charge in [0.05, 0.1) is 0 Å². The maximum Gasteiger partial charge on any atom is 0.150 e. The quantitative estimate of drug-likeness (QED) is 0.509. The summed E-state index contributed by atoms with van der Waals surface area (Å²) in [6.07, 6.45) is 2.47. The summed E-state index contributed by atoms with van der Waals surface area (Å²) in [4.78, 5) is 32.7. The fourth-order valence-electron chi connectivity index (χ4n) is 2.55. The molecule has 3 nitrogen and oxygen atoms in total. The zero-order valence-corrected chi connectivity index (χ0v) is 14.2. The van der Waals surface area contributed by atoms with Crippen LogP contribution in [0.2, 0.25) is 0 Å². The summed E-state index contributed by atoms with van der Waals surface area (Å²) < 4.78 is 0. The highest BCUT2D eigenvalue weighted by Crippen LogP contribution is 2.32. The van der Waals surface area contributed by atoms with E-state index in [9.17, 15) is 14.4 Å². The molecule has 3 rings (SSSR count). The van der Waals surface area contributed by atoms with Crippen LogP contribution in [0.25, 0.3) is 0 Å². The highest BCUT2D eigenvalue weighted by Gasteiger charge is 2.16. The Labute approximate surface area is 147 Å². The number of hydrogen-bond donors (Lipinski definition) is 0. The standard InChI is InChI=1S/C21H15O3P/c22-13-16-1-7-19(8-2-16)25(20-9-3-17(14-23)4-10-20)21-11-5-18(15-24)6-12-21/h1-15H. The Morgan fingerprint density at radius 3 is 0.880 bits per heavy atom. The molecule has 3 aromatic carbocycles. The lowest BCUT2D eigenvalue weighted by molar-refractivity contribution is 0.111. The molecule has 0 unspecified atom stereocenters. The van der Waals surface area contributed by atoms with Gasteiger partial charge in [0.25, 0.3) is 0 Å². The van der Waals surface area contributed by atoms with E-state index in [1.54, 1.807) is 36.4 Å². The summed E-state index contributed by atoms with van der Waals surface area (Å²) in [7, 11) is -0.846. The Hall–Kier alpha value is -2.90. The molecule has 0 amide bonds. The highest BCUT2D eigenvalue weighted by molar-refractivity contribution is 7.79. The summed E-state index contributed by atoms with van der Waals surface area (Å²) in [6, 6.07) is 22.5. The molecule has 0 aliphatic heterocycles. The van der Waals surface area contributed by atoms with Crippen LogP contribution in [0.15, 0.2) is 72.8 Å². The Balaban J connectivity index is 2.09. The number of rotatable bonds is 6. The van der Waals surface area contributed by atoms with Gasteiger partial charge in [-0.1, -0.05) is 72.8 Å². The Morgan fingerprint density at radius 2 is 0.680 bits per heavy atom. The minimum Gasteiger partial charge on any atom is -0.298 e. The first-order valence-corrected chi connectivity index (χ1v) is 9.05. The molecule has 0 spiro atoms. The van der Waals surface area contributed by atoms with E-state index in [0.29, 0.717) is 16.7 Å². The molecule has 3 aromatic rings. The molecule has 0 saturated heterocycles. The van der Waals surface area contributed by atoms with E-state index in [1.165, 1.54) is 0 Å². The molecule has 0 bridgehead atoms. The van der Waals surface area contributed by atoms with Crippen molar-refractivity contribution in [3.05, 3.63) is 89.5 Å². The van der Waals surface area contributed by atoms with Gasteiger partial charge >= 0.3 is 0 Å². The fraction of sp³-hybridized carbons (Fsp3) is 0. The summed E-state index contributed by atoms with van der Waals surface area (Å²) in [5.74, 6) is 0. The average molecular weight is 346 g/mol. The van der Waals surface area contributed by atoms with Gasteiger partial charge in [0.1, 0.15) is 18.9 Å². The highest BCUT2D eigenvalue weighted by atomic mass is 31.1. The van der Waals surface area contributed by atoms with Crippen molar-refractivity contribution in [2.24, 2.45) is 0 Å². The molecule has 122 valence electrons. The largest absolute Gasteiger partial charge is 0.298 e. The van der Waals surface area contributed by atoms with Gasteiger partial charge in [-0.05, 0) is 23.8 Å². The molecule has 4 heteroatoms. The van der Waals surface area contributed by atoms with Crippen LogP contribution in [-0.2, 0) is 0 Å². The Bertz CT molecular complexity index is 759. The third kappa shape index (κ3) is 3.78. The van der Waals surface area contributed by atoms with E-state index in [4.69, 9.17) is 0 Å². The van der Waals surface area contributed by atoms with Gasteiger partial charge in [-0.25, -0.2) is 0 Å². The summed E-state index contributed by atoms with van der Waals surface area (Å²) in [5, 5.41) is 3.29. The third-order valence-electron chi connectivity index (χ3n) is 3.86. The van der Waals surface area contributed by atoms with Gasteiger partial charge in [-0.15, -0.1) is 0 Å². The predicted octanol–water partition coefficient (Wildman–Crippen LogP) is 2.88. The second kappa shape index (κ2) is 7.78. The maximum atomic E-state index is 10.9. The lowest BCUT2D eigenvalue weighted by atomic mass is 10.2. The molecule has 0 radical (unpaired) electrons. The van der Waals surface area contributed by atoms with Crippen LogP contribution in [0.4, 0.5) is 0 Å². The van der Waals surface area contributed by atoms with E-state index in [1.807, 2.05) is 36.4 Å². The maximum absolute atomic E-state index is 10.9. The van der Waals surface area contributed by atoms with Crippen LogP contribution in [-0.4, -0.2) is 18.9 Å². The van der Waals surface area contributed by atoms with Crippen LogP contribution in [0.3, 0.4) is 0 Å². The average Bonchev–Trinajstić information content (AvgIpc) is 2.70. The van der Waals surface area contributed by atoms with E-state index in [0.717, 1.165) is 34.8 Å². The van der Waals surface area contributed by atoms with E-state index in [-0.39, 0.29) is 0 Å². The van der Waals surface area contributed by atoms with Gasteiger partial charge in [-0.2, -0.15) is 0 Å². The first-order chi connectivity index (χ1) is 12.2. The number of hydrogen-bond acceptors (Lipinski definition) is 3. The second-order valence-corrected chi connectivity index (χ2v) is 7.68. The number of carbonyl (C=O) groups is 3. The molecule has 0 aliphatic rings. The van der Waals surface area contributed by atoms with Crippen molar-refractivity contribution in [3.63, 3.8) is 0 Å². The molecule has 0 heterocycles. The number of carbonyl (C=O) groups excluding carboxylic acids is 3. The van der Waals surface area contributed by atoms with Crippen LogP contribution < -0.4 is 15.9 Å². The summed E-state index contributed by atoms with van der Waals surface area (Å²) >= 11 is 0. The van der Waals surface area contributed by atoms with Crippen LogP contribution >= 0.6 is 7.92 Å². The SMILES string of the molecule is O=Cc1ccc(P(c2ccc(C=O)cc2)c2ccc(C=O)cc2)cc1. The van der Waals surface area contributed by atoms with Gasteiger partial charge < -0.3 is 0 Å². The Kier molecular flexibility index (Phi) is 5.27. The topological polar surface area (TPSA) is 51.2 Å². The second-order valence-electron chi connectivity index (χ2n) is 5.46. The van der Waals surface area contributed by atoms with Crippen molar-refractivity contribution in [3.8, 4) is 0 Å². The van der Waals surface area contributed by atoms with Gasteiger partial charge in [0, 0.05) is 16.7 Å². The van der Waals surface area contributed by atoms with Crippen LogP contribution in [0.5, 0.6) is 0 Å². The zero-order valence-electron chi connectivity index (χ0n) is 13.3. The first kappa shape index (κ1) is 16.9. The van der Waals surface area contributed by atoms with Crippen LogP contribution in [0, 0.1) is 0 Å². The molecule has 0 saturated carbocycles. The van der Waals surface area contributed by atoms with Gasteiger partial charge in [-0.3, -0.25) is 14.4 Å². The minimum absolute atomic E-state index is 0.631. The third-order valence-corrected chi connectivity index (χ3v) is 6.31. The molecular weight excluding hydrogens is 331 g/mol. The molecular formula is C21H15O3P. The molecule has 25 heavy (non-hydrogen) atoms. The van der Waals surface area contributed by atoms with Crippen molar-refractivity contribution in [2.75, 3.05) is 0 Å². The lowest BCUT2D eigenvalue weighted by Gasteiger charge is -2.19. The van der Waals surface area contributed by atoms with Crippen molar-refractivity contribution < 1.29 is 14.4 Å². The van der Waals surface area contributed by atoms with Crippen molar-refractivity contribution in [2.45, 2.75) is 0 Å². The smallest absolute Gasteiger partial charge is 0.150 e. The molecule has 0 aromatic heterocycles. The minimum atomic E-state index is -0.846. The van der Waals surface area contributed by atoms with E-state index in [2.05, 4.69) is 0 Å². The van der Waals surface area contributed by atoms with E-state index >= 15 is 0 Å². The van der Waals surface area contributed by atoms with Crippen molar-refractivity contribution in [1.82, 2.24) is 0 Å². The van der Waals surface area contributed by atoms with Crippen molar-refractivity contribution in [1.29, 1.82) is 0 Å². The summed E-state index contributed by atoms with van der Waals surface area (Å²) in [6.45, 7) is 0. The zero-order chi connectivity index (χ0) is 17.6. The molecule has 0 atom stereocenters. The number of aldehydes is 3. The number of benzene rings is 3. The first-order valence-electron chi connectivity index (χ1n) is 7.71. The fourth-order valence-corrected chi connectivity index (χ4v) is 4.79. The lowest BCUT2D eigenvalue weighted by Crippen LogP contribution is -2.20. The monoisotopic (exact) mass is 346 g/mol. The van der Waals surface area contributed by atoms with Crippen LogP contribution in [0.1, 0.15) is 31.1 Å².